The fourth-order valence-electron chi connectivity index (χ4n) is 2.16. The third kappa shape index (κ3) is 3.98. The minimum absolute atomic E-state index is 0.0311. The van der Waals surface area contributed by atoms with Crippen LogP contribution in [0.3, 0.4) is 0 Å². The van der Waals surface area contributed by atoms with E-state index in [1.54, 1.807) is 24.3 Å². The Morgan fingerprint density at radius 1 is 1.32 bits per heavy atom. The molecule has 0 bridgehead atoms. The van der Waals surface area contributed by atoms with E-state index in [-0.39, 0.29) is 11.8 Å². The number of carbonyl (C=O) groups excluding carboxylic acids is 2. The van der Waals surface area contributed by atoms with Gasteiger partial charge in [-0.1, -0.05) is 0 Å². The van der Waals surface area contributed by atoms with E-state index in [0.29, 0.717) is 31.5 Å². The number of hydrogen-bond acceptors (Lipinski definition) is 3. The van der Waals surface area contributed by atoms with Crippen LogP contribution in [-0.2, 0) is 9.59 Å². The van der Waals surface area contributed by atoms with Gasteiger partial charge in [-0.25, -0.2) is 0 Å². The number of anilines is 2. The molecule has 1 aromatic rings. The molecule has 1 heterocycles. The van der Waals surface area contributed by atoms with Crippen LogP contribution in [0.4, 0.5) is 11.4 Å². The third-order valence-corrected chi connectivity index (χ3v) is 3.20. The van der Waals surface area contributed by atoms with Crippen LogP contribution in [-0.4, -0.2) is 29.8 Å². The highest BCUT2D eigenvalue weighted by Crippen LogP contribution is 2.12. The van der Waals surface area contributed by atoms with Gasteiger partial charge >= 0.3 is 0 Å². The van der Waals surface area contributed by atoms with Crippen LogP contribution in [0.25, 0.3) is 0 Å². The molecule has 1 fully saturated rings. The van der Waals surface area contributed by atoms with Crippen molar-refractivity contribution in [1.29, 1.82) is 0 Å². The molecule has 102 valence electrons. The van der Waals surface area contributed by atoms with Gasteiger partial charge in [0.1, 0.15) is 0 Å². The Balaban J connectivity index is 1.69. The average molecular weight is 261 g/mol. The molecule has 0 radical (unpaired) electrons. The molecule has 0 aliphatic carbocycles. The second-order valence-electron chi connectivity index (χ2n) is 4.76. The Bertz CT molecular complexity index is 456. The predicted octanol–water partition coefficient (Wildman–Crippen LogP) is 1.61. The summed E-state index contributed by atoms with van der Waals surface area (Å²) in [6, 6.07) is 7.05. The van der Waals surface area contributed by atoms with E-state index in [4.69, 9.17) is 5.73 Å². The number of hydrogen-bond donors (Lipinski definition) is 2. The van der Waals surface area contributed by atoms with Crippen LogP contribution in [0, 0.1) is 0 Å². The summed E-state index contributed by atoms with van der Waals surface area (Å²) in [5, 5.41) is 2.81. The highest BCUT2D eigenvalue weighted by Gasteiger charge is 2.19. The molecular formula is C14H19N3O2. The van der Waals surface area contributed by atoms with Gasteiger partial charge in [0, 0.05) is 37.3 Å². The second kappa shape index (κ2) is 6.22. The number of nitrogens with one attached hydrogen (secondary N) is 1. The van der Waals surface area contributed by atoms with Gasteiger partial charge in [0.2, 0.25) is 11.8 Å². The summed E-state index contributed by atoms with van der Waals surface area (Å²) in [6.07, 6.45) is 2.72. The van der Waals surface area contributed by atoms with Crippen LogP contribution in [0.5, 0.6) is 0 Å². The zero-order chi connectivity index (χ0) is 13.7. The van der Waals surface area contributed by atoms with E-state index < -0.39 is 0 Å². The van der Waals surface area contributed by atoms with E-state index in [2.05, 4.69) is 5.32 Å². The van der Waals surface area contributed by atoms with E-state index in [9.17, 15) is 9.59 Å². The van der Waals surface area contributed by atoms with Crippen molar-refractivity contribution in [3.05, 3.63) is 24.3 Å². The summed E-state index contributed by atoms with van der Waals surface area (Å²) in [5.74, 6) is 0.176. The second-order valence-corrected chi connectivity index (χ2v) is 4.76. The first kappa shape index (κ1) is 13.4. The number of rotatable bonds is 5. The summed E-state index contributed by atoms with van der Waals surface area (Å²) in [4.78, 5) is 24.9. The van der Waals surface area contributed by atoms with Crippen molar-refractivity contribution < 1.29 is 9.59 Å². The Labute approximate surface area is 112 Å². The lowest BCUT2D eigenvalue weighted by atomic mass is 10.2. The SMILES string of the molecule is Nc1ccc(NC(=O)CCCN2CCCC2=O)cc1. The highest BCUT2D eigenvalue weighted by atomic mass is 16.2. The van der Waals surface area contributed by atoms with Crippen LogP contribution >= 0.6 is 0 Å². The van der Waals surface area contributed by atoms with Crippen LogP contribution in [0.2, 0.25) is 0 Å². The van der Waals surface area contributed by atoms with Crippen LogP contribution in [0.15, 0.2) is 24.3 Å². The number of amides is 2. The third-order valence-electron chi connectivity index (χ3n) is 3.20. The number of nitrogens with zero attached hydrogens (tertiary/aromatic N) is 1. The molecule has 5 nitrogen and oxygen atoms in total. The van der Waals surface area contributed by atoms with E-state index in [1.807, 2.05) is 4.90 Å². The Kier molecular flexibility index (Phi) is 4.39. The Hall–Kier alpha value is -2.04. The molecule has 2 rings (SSSR count). The maximum absolute atomic E-state index is 11.7. The lowest BCUT2D eigenvalue weighted by molar-refractivity contribution is -0.128. The van der Waals surface area contributed by atoms with Gasteiger partial charge in [-0.15, -0.1) is 0 Å². The molecule has 2 amide bonds. The predicted molar refractivity (Wildman–Crippen MR) is 74.5 cm³/mol. The molecule has 1 aromatic carbocycles. The molecule has 0 saturated carbocycles. The van der Waals surface area contributed by atoms with Gasteiger partial charge in [-0.05, 0) is 37.1 Å². The average Bonchev–Trinajstić information content (AvgIpc) is 2.78. The van der Waals surface area contributed by atoms with Gasteiger partial charge in [-0.3, -0.25) is 9.59 Å². The smallest absolute Gasteiger partial charge is 0.224 e. The lowest BCUT2D eigenvalue weighted by Gasteiger charge is -2.14. The largest absolute Gasteiger partial charge is 0.399 e. The number of benzene rings is 1. The fraction of sp³-hybridized carbons (Fsp3) is 0.429. The van der Waals surface area contributed by atoms with Crippen LogP contribution < -0.4 is 11.1 Å². The van der Waals surface area contributed by atoms with Crippen molar-refractivity contribution in [2.75, 3.05) is 24.1 Å². The molecule has 5 heteroatoms. The first-order valence-corrected chi connectivity index (χ1v) is 6.58. The molecule has 3 N–H and O–H groups in total. The first-order valence-electron chi connectivity index (χ1n) is 6.58. The standard InChI is InChI=1S/C14H19N3O2/c15-11-5-7-12(8-6-11)16-13(18)3-1-9-17-10-2-4-14(17)19/h5-8H,1-4,9-10,15H2,(H,16,18). The molecule has 0 unspecified atom stereocenters. The number of nitrogens with two attached hydrogens (primary N) is 1. The minimum atomic E-state index is -0.0311. The molecule has 1 aliphatic heterocycles. The van der Waals surface area contributed by atoms with Crippen molar-refractivity contribution in [2.45, 2.75) is 25.7 Å². The van der Waals surface area contributed by atoms with Crippen LogP contribution in [0.1, 0.15) is 25.7 Å². The monoisotopic (exact) mass is 261 g/mol. The van der Waals surface area contributed by atoms with Gasteiger partial charge in [0.05, 0.1) is 0 Å². The molecule has 0 atom stereocenters. The number of carbonyl (C=O) groups is 2. The van der Waals surface area contributed by atoms with Crippen molar-refractivity contribution in [2.24, 2.45) is 0 Å². The Morgan fingerprint density at radius 3 is 2.68 bits per heavy atom. The van der Waals surface area contributed by atoms with Crippen molar-refractivity contribution >= 4 is 23.2 Å². The molecule has 1 aliphatic rings. The fourth-order valence-corrected chi connectivity index (χ4v) is 2.16. The maximum Gasteiger partial charge on any atom is 0.224 e. The van der Waals surface area contributed by atoms with Crippen molar-refractivity contribution in [3.63, 3.8) is 0 Å². The molecular weight excluding hydrogens is 242 g/mol. The van der Waals surface area contributed by atoms with Gasteiger partial charge in [0.15, 0.2) is 0 Å². The molecule has 0 aromatic heterocycles. The number of nitrogen functional groups attached to an aromatic ring is 1. The van der Waals surface area contributed by atoms with E-state index in [0.717, 1.165) is 18.7 Å². The zero-order valence-electron chi connectivity index (χ0n) is 10.9. The molecule has 1 saturated heterocycles. The van der Waals surface area contributed by atoms with Gasteiger partial charge in [0.25, 0.3) is 0 Å². The normalized spacial score (nSPS) is 14.7. The van der Waals surface area contributed by atoms with Crippen molar-refractivity contribution in [1.82, 2.24) is 4.90 Å². The lowest BCUT2D eigenvalue weighted by Crippen LogP contribution is -2.26. The number of likely N-dealkylation sites (tertiary alicyclic amines) is 1. The quantitative estimate of drug-likeness (QED) is 0.791. The summed E-state index contributed by atoms with van der Waals surface area (Å²) >= 11 is 0. The van der Waals surface area contributed by atoms with Gasteiger partial charge < -0.3 is 16.0 Å². The molecule has 19 heavy (non-hydrogen) atoms. The topological polar surface area (TPSA) is 75.4 Å². The summed E-state index contributed by atoms with van der Waals surface area (Å²) < 4.78 is 0. The van der Waals surface area contributed by atoms with Crippen molar-refractivity contribution in [3.8, 4) is 0 Å². The highest BCUT2D eigenvalue weighted by molar-refractivity contribution is 5.90. The zero-order valence-corrected chi connectivity index (χ0v) is 10.9. The molecule has 0 spiro atoms. The van der Waals surface area contributed by atoms with E-state index >= 15 is 0 Å². The summed E-state index contributed by atoms with van der Waals surface area (Å²) in [5.41, 5.74) is 6.99. The van der Waals surface area contributed by atoms with Gasteiger partial charge in [-0.2, -0.15) is 0 Å². The first-order chi connectivity index (χ1) is 9.15. The van der Waals surface area contributed by atoms with E-state index in [1.165, 1.54) is 0 Å². The summed E-state index contributed by atoms with van der Waals surface area (Å²) in [6.45, 7) is 1.51. The summed E-state index contributed by atoms with van der Waals surface area (Å²) in [7, 11) is 0. The maximum atomic E-state index is 11.7. The minimum Gasteiger partial charge on any atom is -0.399 e. The Morgan fingerprint density at radius 2 is 2.05 bits per heavy atom.